The van der Waals surface area contributed by atoms with Gasteiger partial charge in [-0.25, -0.2) is 0 Å². The standard InChI is InChI=1S/C8H13ClO2/c1-8(2,11-3)5-4-7(10)6-9/h7,10H,6H2,1-3H3. The highest BCUT2D eigenvalue weighted by Gasteiger charge is 2.11. The molecule has 3 heteroatoms. The molecule has 0 rings (SSSR count). The predicted molar refractivity (Wildman–Crippen MR) is 45.6 cm³/mol. The maximum atomic E-state index is 8.96. The van der Waals surface area contributed by atoms with Crippen LogP contribution in [0.25, 0.3) is 0 Å². The second kappa shape index (κ2) is 4.61. The Balaban J connectivity index is 4.05. The average molecular weight is 177 g/mol. The van der Waals surface area contributed by atoms with Crippen molar-refractivity contribution in [3.8, 4) is 11.8 Å². The number of hydrogen-bond acceptors (Lipinski definition) is 2. The highest BCUT2D eigenvalue weighted by atomic mass is 35.5. The van der Waals surface area contributed by atoms with Gasteiger partial charge >= 0.3 is 0 Å². The number of rotatable bonds is 2. The van der Waals surface area contributed by atoms with E-state index in [2.05, 4.69) is 11.8 Å². The van der Waals surface area contributed by atoms with Gasteiger partial charge in [0.1, 0.15) is 11.7 Å². The molecule has 0 saturated carbocycles. The summed E-state index contributed by atoms with van der Waals surface area (Å²) in [6, 6.07) is 0. The van der Waals surface area contributed by atoms with Crippen molar-refractivity contribution in [3.63, 3.8) is 0 Å². The minimum atomic E-state index is -0.758. The summed E-state index contributed by atoms with van der Waals surface area (Å²) in [5.74, 6) is 5.46. The number of methoxy groups -OCH3 is 1. The number of ether oxygens (including phenoxy) is 1. The molecular weight excluding hydrogens is 164 g/mol. The lowest BCUT2D eigenvalue weighted by Gasteiger charge is -2.14. The fourth-order valence-corrected chi connectivity index (χ4v) is 0.424. The van der Waals surface area contributed by atoms with Gasteiger partial charge in [0.2, 0.25) is 0 Å². The van der Waals surface area contributed by atoms with E-state index in [1.165, 1.54) is 0 Å². The molecule has 0 bridgehead atoms. The number of aliphatic hydroxyl groups is 1. The van der Waals surface area contributed by atoms with Crippen molar-refractivity contribution in [3.05, 3.63) is 0 Å². The molecule has 1 N–H and O–H groups in total. The van der Waals surface area contributed by atoms with E-state index in [0.717, 1.165) is 0 Å². The van der Waals surface area contributed by atoms with Crippen LogP contribution in [-0.2, 0) is 4.74 Å². The number of alkyl halides is 1. The van der Waals surface area contributed by atoms with Crippen molar-refractivity contribution in [2.45, 2.75) is 25.6 Å². The van der Waals surface area contributed by atoms with Gasteiger partial charge in [0.15, 0.2) is 0 Å². The summed E-state index contributed by atoms with van der Waals surface area (Å²) in [6.45, 7) is 3.64. The van der Waals surface area contributed by atoms with Crippen LogP contribution in [0.3, 0.4) is 0 Å². The van der Waals surface area contributed by atoms with Gasteiger partial charge in [-0.15, -0.1) is 11.6 Å². The van der Waals surface area contributed by atoms with Crippen LogP contribution in [0.4, 0.5) is 0 Å². The molecule has 0 aromatic heterocycles. The van der Waals surface area contributed by atoms with Gasteiger partial charge in [-0.1, -0.05) is 11.8 Å². The lowest BCUT2D eigenvalue weighted by molar-refractivity contribution is 0.0737. The Bertz CT molecular complexity index is 167. The molecule has 0 radical (unpaired) electrons. The van der Waals surface area contributed by atoms with Gasteiger partial charge in [-0.3, -0.25) is 0 Å². The lowest BCUT2D eigenvalue weighted by atomic mass is 10.1. The van der Waals surface area contributed by atoms with Crippen molar-refractivity contribution in [2.75, 3.05) is 13.0 Å². The molecule has 0 aliphatic heterocycles. The predicted octanol–water partition coefficient (Wildman–Crippen LogP) is 1.01. The molecule has 0 aromatic rings. The quantitative estimate of drug-likeness (QED) is 0.503. The van der Waals surface area contributed by atoms with Crippen molar-refractivity contribution in [1.82, 2.24) is 0 Å². The monoisotopic (exact) mass is 176 g/mol. The lowest BCUT2D eigenvalue weighted by Crippen LogP contribution is -2.20. The molecule has 2 nitrogen and oxygen atoms in total. The van der Waals surface area contributed by atoms with Crippen LogP contribution >= 0.6 is 11.6 Å². The van der Waals surface area contributed by atoms with E-state index in [4.69, 9.17) is 21.4 Å². The van der Waals surface area contributed by atoms with Gasteiger partial charge in [0.05, 0.1) is 5.88 Å². The normalized spacial score (nSPS) is 13.5. The fraction of sp³-hybridized carbons (Fsp3) is 0.750. The van der Waals surface area contributed by atoms with Gasteiger partial charge in [-0.05, 0) is 13.8 Å². The van der Waals surface area contributed by atoms with Gasteiger partial charge in [0, 0.05) is 7.11 Å². The van der Waals surface area contributed by atoms with Crippen LogP contribution in [0.1, 0.15) is 13.8 Å². The maximum absolute atomic E-state index is 8.96. The topological polar surface area (TPSA) is 29.5 Å². The van der Waals surface area contributed by atoms with E-state index in [9.17, 15) is 0 Å². The number of halogens is 1. The van der Waals surface area contributed by atoms with Crippen LogP contribution in [0.15, 0.2) is 0 Å². The second-order valence-corrected chi connectivity index (χ2v) is 2.96. The molecule has 64 valence electrons. The third-order valence-electron chi connectivity index (χ3n) is 1.20. The number of hydrogen-bond donors (Lipinski definition) is 1. The first kappa shape index (κ1) is 10.8. The summed E-state index contributed by atoms with van der Waals surface area (Å²) in [4.78, 5) is 0. The van der Waals surface area contributed by atoms with Crippen LogP contribution in [-0.4, -0.2) is 29.8 Å². The zero-order chi connectivity index (χ0) is 8.91. The smallest absolute Gasteiger partial charge is 0.128 e. The molecule has 0 saturated heterocycles. The molecular formula is C8H13ClO2. The van der Waals surface area contributed by atoms with Crippen molar-refractivity contribution in [1.29, 1.82) is 0 Å². The maximum Gasteiger partial charge on any atom is 0.128 e. The molecule has 0 aromatic carbocycles. The molecule has 11 heavy (non-hydrogen) atoms. The summed E-state index contributed by atoms with van der Waals surface area (Å²) < 4.78 is 5.00. The second-order valence-electron chi connectivity index (χ2n) is 2.65. The van der Waals surface area contributed by atoms with Gasteiger partial charge in [-0.2, -0.15) is 0 Å². The van der Waals surface area contributed by atoms with E-state index in [0.29, 0.717) is 0 Å². The molecule has 1 unspecified atom stereocenters. The average Bonchev–Trinajstić information content (AvgIpc) is 2.00. The largest absolute Gasteiger partial charge is 0.379 e. The zero-order valence-electron chi connectivity index (χ0n) is 7.02. The zero-order valence-corrected chi connectivity index (χ0v) is 7.77. The third-order valence-corrected chi connectivity index (χ3v) is 1.49. The van der Waals surface area contributed by atoms with Crippen molar-refractivity contribution < 1.29 is 9.84 Å². The van der Waals surface area contributed by atoms with Crippen LogP contribution < -0.4 is 0 Å². The Morgan fingerprint density at radius 1 is 1.64 bits per heavy atom. The Kier molecular flexibility index (Phi) is 4.51. The summed E-state index contributed by atoms with van der Waals surface area (Å²) >= 11 is 5.33. The highest BCUT2D eigenvalue weighted by molar-refractivity contribution is 6.18. The minimum absolute atomic E-state index is 0.132. The Hall–Kier alpha value is -0.230. The molecule has 0 aliphatic rings. The fourth-order valence-electron chi connectivity index (χ4n) is 0.347. The first-order valence-corrected chi connectivity index (χ1v) is 3.87. The van der Waals surface area contributed by atoms with Gasteiger partial charge < -0.3 is 9.84 Å². The molecule has 0 heterocycles. The van der Waals surface area contributed by atoms with Crippen LogP contribution in [0.2, 0.25) is 0 Å². The number of aliphatic hydroxyl groups excluding tert-OH is 1. The Morgan fingerprint density at radius 2 is 2.18 bits per heavy atom. The SMILES string of the molecule is COC(C)(C)C#CC(O)CCl. The van der Waals surface area contributed by atoms with E-state index in [-0.39, 0.29) is 5.88 Å². The molecule has 0 fully saturated rings. The Labute approximate surface area is 72.5 Å². The van der Waals surface area contributed by atoms with Crippen molar-refractivity contribution >= 4 is 11.6 Å². The van der Waals surface area contributed by atoms with E-state index in [1.54, 1.807) is 7.11 Å². The first-order chi connectivity index (χ1) is 5.02. The molecule has 0 amide bonds. The summed E-state index contributed by atoms with van der Waals surface area (Å²) in [5, 5.41) is 8.96. The highest BCUT2D eigenvalue weighted by Crippen LogP contribution is 2.04. The van der Waals surface area contributed by atoms with Crippen LogP contribution in [0, 0.1) is 11.8 Å². The first-order valence-electron chi connectivity index (χ1n) is 3.33. The van der Waals surface area contributed by atoms with Crippen molar-refractivity contribution in [2.24, 2.45) is 0 Å². The van der Waals surface area contributed by atoms with E-state index in [1.807, 2.05) is 13.8 Å². The third kappa shape index (κ3) is 5.09. The van der Waals surface area contributed by atoms with E-state index < -0.39 is 11.7 Å². The summed E-state index contributed by atoms with van der Waals surface area (Å²) in [7, 11) is 1.57. The van der Waals surface area contributed by atoms with Crippen LogP contribution in [0.5, 0.6) is 0 Å². The molecule has 0 aliphatic carbocycles. The minimum Gasteiger partial charge on any atom is -0.379 e. The Morgan fingerprint density at radius 3 is 2.55 bits per heavy atom. The summed E-state index contributed by atoms with van der Waals surface area (Å²) in [6.07, 6.45) is -0.758. The molecule has 0 spiro atoms. The molecule has 1 atom stereocenters. The van der Waals surface area contributed by atoms with Gasteiger partial charge in [0.25, 0.3) is 0 Å². The van der Waals surface area contributed by atoms with E-state index >= 15 is 0 Å². The summed E-state index contributed by atoms with van der Waals surface area (Å²) in [5.41, 5.74) is -0.507.